The van der Waals surface area contributed by atoms with Gasteiger partial charge in [0.2, 0.25) is 0 Å². The van der Waals surface area contributed by atoms with E-state index in [2.05, 4.69) is 9.68 Å². The summed E-state index contributed by atoms with van der Waals surface area (Å²) < 4.78 is 15.2. The van der Waals surface area contributed by atoms with Gasteiger partial charge in [-0.2, -0.15) is 0 Å². The number of aromatic nitrogens is 1. The second-order valence-corrected chi connectivity index (χ2v) is 3.23. The molecule has 2 rings (SSSR count). The van der Waals surface area contributed by atoms with E-state index in [0.29, 0.717) is 23.8 Å². The molecule has 5 nitrogen and oxygen atoms in total. The third-order valence-corrected chi connectivity index (χ3v) is 2.09. The van der Waals surface area contributed by atoms with E-state index in [0.717, 1.165) is 5.56 Å². The van der Waals surface area contributed by atoms with Crippen LogP contribution >= 0.6 is 0 Å². The quantitative estimate of drug-likeness (QED) is 0.796. The maximum absolute atomic E-state index is 5.79. The van der Waals surface area contributed by atoms with Gasteiger partial charge >= 0.3 is 0 Å². The Morgan fingerprint density at radius 1 is 1.44 bits per heavy atom. The van der Waals surface area contributed by atoms with Gasteiger partial charge in [-0.3, -0.25) is 0 Å². The lowest BCUT2D eigenvalue weighted by Crippen LogP contribution is -1.98. The molecule has 16 heavy (non-hydrogen) atoms. The average molecular weight is 220 g/mol. The van der Waals surface area contributed by atoms with Crippen molar-refractivity contribution in [3.8, 4) is 11.5 Å². The van der Waals surface area contributed by atoms with Crippen LogP contribution in [0.4, 0.5) is 5.69 Å². The molecule has 1 aromatic carbocycles. The maximum Gasteiger partial charge on any atom is 0.142 e. The van der Waals surface area contributed by atoms with Crippen molar-refractivity contribution in [2.75, 3.05) is 12.8 Å². The largest absolute Gasteiger partial charge is 0.497 e. The molecule has 1 aromatic heterocycles. The lowest BCUT2D eigenvalue weighted by molar-refractivity contribution is 0.305. The van der Waals surface area contributed by atoms with Gasteiger partial charge in [0.1, 0.15) is 24.4 Å². The van der Waals surface area contributed by atoms with Crippen molar-refractivity contribution in [2.24, 2.45) is 0 Å². The fourth-order valence-electron chi connectivity index (χ4n) is 1.24. The molecule has 0 amide bonds. The number of hydrogen-bond acceptors (Lipinski definition) is 5. The van der Waals surface area contributed by atoms with Crippen LogP contribution in [0.3, 0.4) is 0 Å². The summed E-state index contributed by atoms with van der Waals surface area (Å²) in [5.41, 5.74) is 7.19. The first-order valence-electron chi connectivity index (χ1n) is 4.74. The zero-order valence-electron chi connectivity index (χ0n) is 8.84. The predicted octanol–water partition coefficient (Wildman–Crippen LogP) is 1.84. The van der Waals surface area contributed by atoms with Crippen molar-refractivity contribution in [3.05, 3.63) is 36.2 Å². The zero-order valence-corrected chi connectivity index (χ0v) is 8.84. The van der Waals surface area contributed by atoms with Crippen LogP contribution in [-0.2, 0) is 6.61 Å². The van der Waals surface area contributed by atoms with Crippen LogP contribution in [0.25, 0.3) is 0 Å². The zero-order chi connectivity index (χ0) is 11.4. The van der Waals surface area contributed by atoms with Gasteiger partial charge in [-0.25, -0.2) is 0 Å². The Balaban J connectivity index is 2.04. The van der Waals surface area contributed by atoms with Gasteiger partial charge in [-0.05, 0) is 12.1 Å². The summed E-state index contributed by atoms with van der Waals surface area (Å²) in [6.45, 7) is 0.375. The van der Waals surface area contributed by atoms with Crippen molar-refractivity contribution >= 4 is 5.69 Å². The molecule has 0 bridgehead atoms. The van der Waals surface area contributed by atoms with E-state index in [1.54, 1.807) is 31.5 Å². The molecule has 0 aliphatic carbocycles. The molecule has 0 saturated carbocycles. The van der Waals surface area contributed by atoms with E-state index in [1.807, 2.05) is 0 Å². The number of rotatable bonds is 4. The summed E-state index contributed by atoms with van der Waals surface area (Å²) in [5, 5.41) is 3.58. The number of anilines is 1. The van der Waals surface area contributed by atoms with Gasteiger partial charge in [-0.1, -0.05) is 5.16 Å². The highest BCUT2D eigenvalue weighted by Crippen LogP contribution is 2.26. The van der Waals surface area contributed by atoms with E-state index in [-0.39, 0.29) is 0 Å². The van der Waals surface area contributed by atoms with Crippen LogP contribution in [0.1, 0.15) is 5.56 Å². The van der Waals surface area contributed by atoms with Crippen LogP contribution in [-0.4, -0.2) is 12.3 Å². The van der Waals surface area contributed by atoms with Crippen LogP contribution in [0.5, 0.6) is 11.5 Å². The summed E-state index contributed by atoms with van der Waals surface area (Å²) in [7, 11) is 1.59. The molecule has 5 heteroatoms. The summed E-state index contributed by atoms with van der Waals surface area (Å²) in [6, 6.07) is 5.27. The van der Waals surface area contributed by atoms with E-state index in [4.69, 9.17) is 15.2 Å². The smallest absolute Gasteiger partial charge is 0.142 e. The van der Waals surface area contributed by atoms with E-state index in [1.165, 1.54) is 6.26 Å². The van der Waals surface area contributed by atoms with Gasteiger partial charge < -0.3 is 19.7 Å². The number of ether oxygens (including phenoxy) is 2. The Kier molecular flexibility index (Phi) is 2.95. The van der Waals surface area contributed by atoms with Gasteiger partial charge in [0.05, 0.1) is 19.0 Å². The summed E-state index contributed by atoms with van der Waals surface area (Å²) >= 11 is 0. The molecule has 0 aliphatic heterocycles. The first kappa shape index (κ1) is 10.4. The molecule has 0 fully saturated rings. The van der Waals surface area contributed by atoms with Gasteiger partial charge in [0.15, 0.2) is 0 Å². The monoisotopic (exact) mass is 220 g/mol. The van der Waals surface area contributed by atoms with Gasteiger partial charge in [-0.15, -0.1) is 0 Å². The molecule has 0 radical (unpaired) electrons. The molecule has 0 saturated heterocycles. The first-order chi connectivity index (χ1) is 7.79. The first-order valence-corrected chi connectivity index (χ1v) is 4.74. The number of hydrogen-bond donors (Lipinski definition) is 1. The lowest BCUT2D eigenvalue weighted by Gasteiger charge is -2.08. The van der Waals surface area contributed by atoms with Gasteiger partial charge in [0, 0.05) is 11.6 Å². The Morgan fingerprint density at radius 2 is 2.31 bits per heavy atom. The molecule has 2 N–H and O–H groups in total. The molecule has 84 valence electrons. The molecule has 1 heterocycles. The number of nitrogens with two attached hydrogens (primary N) is 1. The molecule has 2 aromatic rings. The van der Waals surface area contributed by atoms with Crippen molar-refractivity contribution in [2.45, 2.75) is 6.61 Å². The van der Waals surface area contributed by atoms with Crippen LogP contribution in [0.15, 0.2) is 35.2 Å². The third kappa shape index (κ3) is 2.25. The molecular formula is C11H12N2O3. The van der Waals surface area contributed by atoms with Crippen molar-refractivity contribution < 1.29 is 14.0 Å². The van der Waals surface area contributed by atoms with Crippen molar-refractivity contribution in [1.29, 1.82) is 0 Å². The average Bonchev–Trinajstić information content (AvgIpc) is 2.80. The van der Waals surface area contributed by atoms with E-state index < -0.39 is 0 Å². The number of nitrogen functional groups attached to an aromatic ring is 1. The third-order valence-electron chi connectivity index (χ3n) is 2.09. The van der Waals surface area contributed by atoms with Gasteiger partial charge in [0.25, 0.3) is 0 Å². The fourth-order valence-corrected chi connectivity index (χ4v) is 1.24. The summed E-state index contributed by atoms with van der Waals surface area (Å²) in [6.07, 6.45) is 3.12. The maximum atomic E-state index is 5.79. The van der Waals surface area contributed by atoms with Crippen LogP contribution < -0.4 is 15.2 Å². The van der Waals surface area contributed by atoms with E-state index in [9.17, 15) is 0 Å². The van der Waals surface area contributed by atoms with Crippen molar-refractivity contribution in [1.82, 2.24) is 5.16 Å². The molecule has 0 unspecified atom stereocenters. The molecule has 0 spiro atoms. The number of methoxy groups -OCH3 is 1. The van der Waals surface area contributed by atoms with E-state index >= 15 is 0 Å². The Labute approximate surface area is 92.8 Å². The molecule has 0 aliphatic rings. The Morgan fingerprint density at radius 3 is 2.94 bits per heavy atom. The summed E-state index contributed by atoms with van der Waals surface area (Å²) in [5.74, 6) is 1.32. The highest BCUT2D eigenvalue weighted by Gasteiger charge is 2.03. The second kappa shape index (κ2) is 4.57. The topological polar surface area (TPSA) is 70.5 Å². The molecule has 0 atom stereocenters. The highest BCUT2D eigenvalue weighted by molar-refractivity contribution is 5.56. The number of benzene rings is 1. The molecular weight excluding hydrogens is 208 g/mol. The summed E-state index contributed by atoms with van der Waals surface area (Å²) in [4.78, 5) is 0. The standard InChI is InChI=1S/C11H12N2O3/c1-14-9-2-3-11(10(12)4-9)15-6-8-5-13-16-7-8/h2-5,7H,6,12H2,1H3. The number of nitrogens with zero attached hydrogens (tertiary/aromatic N) is 1. The fraction of sp³-hybridized carbons (Fsp3) is 0.182. The predicted molar refractivity (Wildman–Crippen MR) is 58.2 cm³/mol. The lowest BCUT2D eigenvalue weighted by atomic mass is 10.3. The van der Waals surface area contributed by atoms with Crippen LogP contribution in [0.2, 0.25) is 0 Å². The minimum Gasteiger partial charge on any atom is -0.497 e. The normalized spacial score (nSPS) is 10.1. The van der Waals surface area contributed by atoms with Crippen molar-refractivity contribution in [3.63, 3.8) is 0 Å². The minimum absolute atomic E-state index is 0.375. The SMILES string of the molecule is COc1ccc(OCc2cnoc2)c(N)c1. The highest BCUT2D eigenvalue weighted by atomic mass is 16.5. The Hall–Kier alpha value is -2.17. The minimum atomic E-state index is 0.375. The Bertz CT molecular complexity index is 454. The van der Waals surface area contributed by atoms with Crippen LogP contribution in [0, 0.1) is 0 Å². The second-order valence-electron chi connectivity index (χ2n) is 3.23.